The van der Waals surface area contributed by atoms with Gasteiger partial charge in [-0.25, -0.2) is 4.39 Å². The number of anilines is 1. The molecule has 2 N–H and O–H groups in total. The molecule has 0 saturated carbocycles. The van der Waals surface area contributed by atoms with Gasteiger partial charge in [-0.1, -0.05) is 12.1 Å². The predicted molar refractivity (Wildman–Crippen MR) is 82.5 cm³/mol. The molecule has 3 nitrogen and oxygen atoms in total. The van der Waals surface area contributed by atoms with Crippen LogP contribution in [0.2, 0.25) is 0 Å². The van der Waals surface area contributed by atoms with Crippen LogP contribution in [0.5, 0.6) is 0 Å². The molecule has 1 unspecified atom stereocenters. The molecule has 0 aliphatic rings. The average Bonchev–Trinajstić information content (AvgIpc) is 2.44. The third-order valence-corrected chi connectivity index (χ3v) is 3.60. The number of rotatable bonds is 3. The highest BCUT2D eigenvalue weighted by Crippen LogP contribution is 2.22. The summed E-state index contributed by atoms with van der Waals surface area (Å²) in [6.07, 6.45) is 0. The third kappa shape index (κ3) is 3.40. The second kappa shape index (κ2) is 5.95. The number of carbonyl (C=O) groups excluding carboxylic acids is 1. The number of nitrogens with zero attached hydrogens (tertiary/aromatic N) is 1. The summed E-state index contributed by atoms with van der Waals surface area (Å²) >= 11 is 0. The molecule has 1 amide bonds. The standard InChI is InChI=1S/C17H19FN2O/c1-11-8-14(10-16(19)9-11)17(21)20(3)12(2)13-4-6-15(18)7-5-13/h4-10,12H,19H2,1-3H3. The molecule has 21 heavy (non-hydrogen) atoms. The van der Waals surface area contributed by atoms with Gasteiger partial charge in [-0.15, -0.1) is 0 Å². The van der Waals surface area contributed by atoms with Crippen molar-refractivity contribution < 1.29 is 9.18 Å². The zero-order chi connectivity index (χ0) is 15.6. The molecule has 2 rings (SSSR count). The fourth-order valence-corrected chi connectivity index (χ4v) is 2.28. The normalized spacial score (nSPS) is 12.0. The summed E-state index contributed by atoms with van der Waals surface area (Å²) in [4.78, 5) is 14.2. The Morgan fingerprint density at radius 3 is 2.38 bits per heavy atom. The summed E-state index contributed by atoms with van der Waals surface area (Å²) in [7, 11) is 1.73. The molecule has 110 valence electrons. The molecule has 0 bridgehead atoms. The van der Waals surface area contributed by atoms with Crippen LogP contribution in [0.4, 0.5) is 10.1 Å². The molecular weight excluding hydrogens is 267 g/mol. The molecule has 0 saturated heterocycles. The molecule has 0 heterocycles. The largest absolute Gasteiger partial charge is 0.399 e. The van der Waals surface area contributed by atoms with Gasteiger partial charge < -0.3 is 10.6 Å². The molecule has 4 heteroatoms. The van der Waals surface area contributed by atoms with E-state index in [0.29, 0.717) is 11.3 Å². The maximum atomic E-state index is 13.0. The molecule has 0 fully saturated rings. The predicted octanol–water partition coefficient (Wildman–Crippen LogP) is 3.55. The first-order valence-electron chi connectivity index (χ1n) is 6.78. The molecule has 2 aromatic rings. The van der Waals surface area contributed by atoms with Gasteiger partial charge in [0.05, 0.1) is 6.04 Å². The molecule has 0 radical (unpaired) electrons. The summed E-state index contributed by atoms with van der Waals surface area (Å²) in [5.41, 5.74) is 8.75. The molecule has 0 aromatic heterocycles. The fraction of sp³-hybridized carbons (Fsp3) is 0.235. The lowest BCUT2D eigenvalue weighted by Crippen LogP contribution is -2.29. The van der Waals surface area contributed by atoms with Crippen molar-refractivity contribution in [3.05, 3.63) is 65.0 Å². The van der Waals surface area contributed by atoms with E-state index in [1.807, 2.05) is 26.0 Å². The molecule has 0 aliphatic heterocycles. The Kier molecular flexibility index (Phi) is 4.26. The van der Waals surface area contributed by atoms with Crippen LogP contribution in [0.25, 0.3) is 0 Å². The monoisotopic (exact) mass is 286 g/mol. The number of hydrogen-bond acceptors (Lipinski definition) is 2. The number of halogens is 1. The second-order valence-electron chi connectivity index (χ2n) is 5.28. The molecular formula is C17H19FN2O. The van der Waals surface area contributed by atoms with Crippen LogP contribution in [0, 0.1) is 12.7 Å². The van der Waals surface area contributed by atoms with Gasteiger partial charge in [0.15, 0.2) is 0 Å². The van der Waals surface area contributed by atoms with Gasteiger partial charge >= 0.3 is 0 Å². The summed E-state index contributed by atoms with van der Waals surface area (Å²) in [5.74, 6) is -0.395. The van der Waals surface area contributed by atoms with Crippen LogP contribution in [-0.2, 0) is 0 Å². The zero-order valence-corrected chi connectivity index (χ0v) is 12.4. The molecule has 1 atom stereocenters. The van der Waals surface area contributed by atoms with Crippen LogP contribution in [0.1, 0.15) is 34.5 Å². The van der Waals surface area contributed by atoms with Crippen molar-refractivity contribution in [2.45, 2.75) is 19.9 Å². The van der Waals surface area contributed by atoms with E-state index in [-0.39, 0.29) is 17.8 Å². The highest BCUT2D eigenvalue weighted by atomic mass is 19.1. The van der Waals surface area contributed by atoms with Crippen LogP contribution >= 0.6 is 0 Å². The number of aryl methyl sites for hydroxylation is 1. The van der Waals surface area contributed by atoms with Crippen molar-refractivity contribution in [3.63, 3.8) is 0 Å². The first-order valence-corrected chi connectivity index (χ1v) is 6.78. The number of nitrogen functional groups attached to an aromatic ring is 1. The molecule has 0 aliphatic carbocycles. The van der Waals surface area contributed by atoms with E-state index in [2.05, 4.69) is 0 Å². The Hall–Kier alpha value is -2.36. The van der Waals surface area contributed by atoms with Crippen LogP contribution in [0.15, 0.2) is 42.5 Å². The fourth-order valence-electron chi connectivity index (χ4n) is 2.28. The lowest BCUT2D eigenvalue weighted by Gasteiger charge is -2.25. The van der Waals surface area contributed by atoms with Gasteiger partial charge in [0.25, 0.3) is 5.91 Å². The lowest BCUT2D eigenvalue weighted by atomic mass is 10.0. The first-order chi connectivity index (χ1) is 9.88. The molecule has 0 spiro atoms. The zero-order valence-electron chi connectivity index (χ0n) is 12.4. The smallest absolute Gasteiger partial charge is 0.254 e. The minimum atomic E-state index is -0.286. The van der Waals surface area contributed by atoms with E-state index in [1.165, 1.54) is 12.1 Å². The number of nitrogens with two attached hydrogens (primary N) is 1. The van der Waals surface area contributed by atoms with Gasteiger partial charge in [0.2, 0.25) is 0 Å². The van der Waals surface area contributed by atoms with E-state index in [1.54, 1.807) is 30.1 Å². The van der Waals surface area contributed by atoms with E-state index in [0.717, 1.165) is 11.1 Å². The van der Waals surface area contributed by atoms with Crippen molar-refractivity contribution in [2.24, 2.45) is 0 Å². The van der Waals surface area contributed by atoms with Crippen LogP contribution in [0.3, 0.4) is 0 Å². The minimum absolute atomic E-state index is 0.109. The Balaban J connectivity index is 2.23. The number of amides is 1. The van der Waals surface area contributed by atoms with Crippen molar-refractivity contribution in [3.8, 4) is 0 Å². The Morgan fingerprint density at radius 2 is 1.81 bits per heavy atom. The Morgan fingerprint density at radius 1 is 1.19 bits per heavy atom. The van der Waals surface area contributed by atoms with Gasteiger partial charge in [0.1, 0.15) is 5.82 Å². The summed E-state index contributed by atoms with van der Waals surface area (Å²) in [5, 5.41) is 0. The lowest BCUT2D eigenvalue weighted by molar-refractivity contribution is 0.0742. The minimum Gasteiger partial charge on any atom is -0.399 e. The van der Waals surface area contributed by atoms with Gasteiger partial charge in [-0.3, -0.25) is 4.79 Å². The number of benzene rings is 2. The summed E-state index contributed by atoms with van der Waals surface area (Å²) < 4.78 is 13.0. The van der Waals surface area contributed by atoms with Gasteiger partial charge in [-0.05, 0) is 55.3 Å². The maximum absolute atomic E-state index is 13.0. The van der Waals surface area contributed by atoms with E-state index >= 15 is 0 Å². The Bertz CT molecular complexity index is 632. The van der Waals surface area contributed by atoms with Crippen molar-refractivity contribution in [2.75, 3.05) is 12.8 Å². The van der Waals surface area contributed by atoms with Crippen LogP contribution in [-0.4, -0.2) is 17.9 Å². The van der Waals surface area contributed by atoms with E-state index in [9.17, 15) is 9.18 Å². The SMILES string of the molecule is Cc1cc(N)cc(C(=O)N(C)C(C)c2ccc(F)cc2)c1. The number of hydrogen-bond donors (Lipinski definition) is 1. The van der Waals surface area contributed by atoms with Crippen molar-refractivity contribution in [1.82, 2.24) is 4.90 Å². The van der Waals surface area contributed by atoms with Gasteiger partial charge in [0, 0.05) is 18.3 Å². The topological polar surface area (TPSA) is 46.3 Å². The average molecular weight is 286 g/mol. The second-order valence-corrected chi connectivity index (χ2v) is 5.28. The summed E-state index contributed by atoms with van der Waals surface area (Å²) in [6, 6.07) is 11.3. The Labute approximate surface area is 124 Å². The number of carbonyl (C=O) groups is 1. The van der Waals surface area contributed by atoms with Crippen molar-refractivity contribution in [1.29, 1.82) is 0 Å². The highest BCUT2D eigenvalue weighted by Gasteiger charge is 2.19. The molecule has 2 aromatic carbocycles. The highest BCUT2D eigenvalue weighted by molar-refractivity contribution is 5.95. The maximum Gasteiger partial charge on any atom is 0.254 e. The van der Waals surface area contributed by atoms with E-state index in [4.69, 9.17) is 5.73 Å². The van der Waals surface area contributed by atoms with Crippen LogP contribution < -0.4 is 5.73 Å². The van der Waals surface area contributed by atoms with Gasteiger partial charge in [-0.2, -0.15) is 0 Å². The first kappa shape index (κ1) is 15.0. The summed E-state index contributed by atoms with van der Waals surface area (Å²) in [6.45, 7) is 3.81. The third-order valence-electron chi connectivity index (χ3n) is 3.60. The van der Waals surface area contributed by atoms with E-state index < -0.39 is 0 Å². The quantitative estimate of drug-likeness (QED) is 0.877. The van der Waals surface area contributed by atoms with Crippen molar-refractivity contribution >= 4 is 11.6 Å².